The summed E-state index contributed by atoms with van der Waals surface area (Å²) >= 11 is 3.87. The molecule has 0 aliphatic heterocycles. The van der Waals surface area contributed by atoms with Crippen LogP contribution in [0.4, 0.5) is 0 Å². The average molecular weight is 207 g/mol. The molecule has 0 rings (SSSR count). The van der Waals surface area contributed by atoms with Gasteiger partial charge in [0.05, 0.1) is 4.08 Å². The maximum Gasteiger partial charge on any atom is 0.0732 e. The van der Waals surface area contributed by atoms with Crippen molar-refractivity contribution >= 4 is 23.5 Å². The largest absolute Gasteiger partial charge is 0.315 e. The van der Waals surface area contributed by atoms with Gasteiger partial charge in [-0.15, -0.1) is 23.5 Å². The predicted octanol–water partition coefficient (Wildman–Crippen LogP) is 2.67. The van der Waals surface area contributed by atoms with Crippen LogP contribution >= 0.6 is 23.5 Å². The van der Waals surface area contributed by atoms with E-state index in [1.165, 1.54) is 0 Å². The molecule has 0 aromatic carbocycles. The monoisotopic (exact) mass is 207 g/mol. The predicted molar refractivity (Wildman–Crippen MR) is 63.1 cm³/mol. The van der Waals surface area contributed by atoms with Crippen molar-refractivity contribution in [1.82, 2.24) is 5.32 Å². The van der Waals surface area contributed by atoms with Crippen LogP contribution in [0.3, 0.4) is 0 Å². The lowest BCUT2D eigenvalue weighted by Gasteiger charge is -2.37. The summed E-state index contributed by atoms with van der Waals surface area (Å²) in [5.74, 6) is 0.680. The highest BCUT2D eigenvalue weighted by Crippen LogP contribution is 2.38. The summed E-state index contributed by atoms with van der Waals surface area (Å²) in [6, 6.07) is 0.572. The van der Waals surface area contributed by atoms with Crippen molar-refractivity contribution in [1.29, 1.82) is 0 Å². The van der Waals surface area contributed by atoms with Crippen LogP contribution in [0.2, 0.25) is 0 Å². The number of rotatable bonds is 5. The minimum atomic E-state index is 0.295. The van der Waals surface area contributed by atoms with E-state index in [0.717, 1.165) is 0 Å². The first-order valence-corrected chi connectivity index (χ1v) is 6.74. The fourth-order valence-corrected chi connectivity index (χ4v) is 3.49. The molecule has 0 saturated heterocycles. The van der Waals surface area contributed by atoms with Crippen LogP contribution < -0.4 is 5.32 Å². The van der Waals surface area contributed by atoms with E-state index in [1.54, 1.807) is 0 Å². The van der Waals surface area contributed by atoms with Crippen molar-refractivity contribution in [3.63, 3.8) is 0 Å². The lowest BCUT2D eigenvalue weighted by atomic mass is 10.0. The Kier molecular flexibility index (Phi) is 5.70. The highest BCUT2D eigenvalue weighted by atomic mass is 32.2. The van der Waals surface area contributed by atoms with Gasteiger partial charge in [0.2, 0.25) is 0 Å². The van der Waals surface area contributed by atoms with E-state index < -0.39 is 0 Å². The summed E-state index contributed by atoms with van der Waals surface area (Å²) in [7, 11) is 2.05. The first-order chi connectivity index (χ1) is 5.51. The second-order valence-corrected chi connectivity index (χ2v) is 6.21. The van der Waals surface area contributed by atoms with E-state index in [2.05, 4.69) is 45.6 Å². The van der Waals surface area contributed by atoms with Gasteiger partial charge in [-0.3, -0.25) is 0 Å². The molecule has 0 saturated carbocycles. The summed E-state index contributed by atoms with van der Waals surface area (Å²) in [6.07, 6.45) is 4.37. The van der Waals surface area contributed by atoms with Gasteiger partial charge in [-0.25, -0.2) is 0 Å². The Labute approximate surface area is 85.5 Å². The molecule has 1 unspecified atom stereocenters. The Hall–Kier alpha value is 0.660. The number of hydrogen-bond acceptors (Lipinski definition) is 3. The van der Waals surface area contributed by atoms with Crippen LogP contribution in [0.1, 0.15) is 20.8 Å². The first-order valence-electron chi connectivity index (χ1n) is 4.29. The van der Waals surface area contributed by atoms with Gasteiger partial charge in [-0.2, -0.15) is 0 Å². The lowest BCUT2D eigenvalue weighted by molar-refractivity contribution is 0.408. The molecule has 0 aromatic heterocycles. The second kappa shape index (κ2) is 5.40. The van der Waals surface area contributed by atoms with Crippen LogP contribution in [0.25, 0.3) is 0 Å². The Morgan fingerprint density at radius 2 is 1.58 bits per heavy atom. The van der Waals surface area contributed by atoms with E-state index in [-0.39, 0.29) is 0 Å². The zero-order valence-corrected chi connectivity index (χ0v) is 10.6. The zero-order chi connectivity index (χ0) is 9.78. The topological polar surface area (TPSA) is 12.0 Å². The molecule has 0 radical (unpaired) electrons. The number of thioether (sulfide) groups is 2. The Bertz CT molecular complexity index is 122. The van der Waals surface area contributed by atoms with Gasteiger partial charge in [0, 0.05) is 6.04 Å². The molecule has 0 heterocycles. The number of hydrogen-bond donors (Lipinski definition) is 1. The van der Waals surface area contributed by atoms with Crippen molar-refractivity contribution in [2.45, 2.75) is 30.9 Å². The molecular weight excluding hydrogens is 186 g/mol. The lowest BCUT2D eigenvalue weighted by Crippen LogP contribution is -2.46. The average Bonchev–Trinajstić information content (AvgIpc) is 2.04. The van der Waals surface area contributed by atoms with Gasteiger partial charge in [0.15, 0.2) is 0 Å². The SMILES string of the molecule is CNC(C(C)C)C(C)(SC)SC. The van der Waals surface area contributed by atoms with Gasteiger partial charge >= 0.3 is 0 Å². The summed E-state index contributed by atoms with van der Waals surface area (Å²) in [4.78, 5) is 0. The highest BCUT2D eigenvalue weighted by Gasteiger charge is 2.33. The summed E-state index contributed by atoms with van der Waals surface area (Å²) in [6.45, 7) is 6.85. The molecule has 0 aliphatic carbocycles. The minimum absolute atomic E-state index is 0.295. The summed E-state index contributed by atoms with van der Waals surface area (Å²) in [5.41, 5.74) is 0. The van der Waals surface area contributed by atoms with Crippen molar-refractivity contribution in [2.24, 2.45) is 5.92 Å². The molecule has 3 heteroatoms. The molecule has 0 aliphatic rings. The van der Waals surface area contributed by atoms with Crippen LogP contribution in [-0.4, -0.2) is 29.7 Å². The molecule has 0 fully saturated rings. The molecule has 0 spiro atoms. The Morgan fingerprint density at radius 3 is 1.67 bits per heavy atom. The standard InChI is InChI=1S/C9H21NS2/c1-7(2)8(10-4)9(3,11-5)12-6/h7-8,10H,1-6H3. The minimum Gasteiger partial charge on any atom is -0.315 e. The summed E-state index contributed by atoms with van der Waals surface area (Å²) in [5, 5.41) is 3.40. The van der Waals surface area contributed by atoms with Gasteiger partial charge in [-0.1, -0.05) is 13.8 Å². The second-order valence-electron chi connectivity index (χ2n) is 3.43. The molecule has 1 N–H and O–H groups in total. The quantitative estimate of drug-likeness (QED) is 0.696. The third-order valence-electron chi connectivity index (χ3n) is 2.35. The van der Waals surface area contributed by atoms with E-state index >= 15 is 0 Å². The summed E-state index contributed by atoms with van der Waals surface area (Å²) < 4.78 is 0.295. The molecule has 1 atom stereocenters. The molecule has 0 aromatic rings. The normalized spacial score (nSPS) is 15.2. The molecule has 1 nitrogen and oxygen atoms in total. The Balaban J connectivity index is 4.43. The molecule has 74 valence electrons. The van der Waals surface area contributed by atoms with Gasteiger partial charge in [-0.05, 0) is 32.4 Å². The van der Waals surface area contributed by atoms with Crippen molar-refractivity contribution in [2.75, 3.05) is 19.6 Å². The fraction of sp³-hybridized carbons (Fsp3) is 1.00. The van der Waals surface area contributed by atoms with E-state index in [1.807, 2.05) is 23.5 Å². The molecular formula is C9H21NS2. The van der Waals surface area contributed by atoms with E-state index in [4.69, 9.17) is 0 Å². The van der Waals surface area contributed by atoms with Crippen LogP contribution in [-0.2, 0) is 0 Å². The van der Waals surface area contributed by atoms with E-state index in [0.29, 0.717) is 16.0 Å². The van der Waals surface area contributed by atoms with Crippen molar-refractivity contribution in [3.8, 4) is 0 Å². The van der Waals surface area contributed by atoms with Gasteiger partial charge in [0.25, 0.3) is 0 Å². The molecule has 0 bridgehead atoms. The van der Waals surface area contributed by atoms with E-state index in [9.17, 15) is 0 Å². The maximum atomic E-state index is 3.40. The highest BCUT2D eigenvalue weighted by molar-refractivity contribution is 8.17. The van der Waals surface area contributed by atoms with Crippen molar-refractivity contribution < 1.29 is 0 Å². The van der Waals surface area contributed by atoms with Crippen LogP contribution in [0, 0.1) is 5.92 Å². The van der Waals surface area contributed by atoms with Crippen LogP contribution in [0.5, 0.6) is 0 Å². The Morgan fingerprint density at radius 1 is 1.17 bits per heavy atom. The van der Waals surface area contributed by atoms with Crippen LogP contribution in [0.15, 0.2) is 0 Å². The zero-order valence-electron chi connectivity index (χ0n) is 8.97. The van der Waals surface area contributed by atoms with Crippen molar-refractivity contribution in [3.05, 3.63) is 0 Å². The number of nitrogens with one attached hydrogen (secondary N) is 1. The third-order valence-corrected chi connectivity index (χ3v) is 5.48. The van der Waals surface area contributed by atoms with Gasteiger partial charge < -0.3 is 5.32 Å². The first kappa shape index (κ1) is 12.7. The van der Waals surface area contributed by atoms with Gasteiger partial charge in [0.1, 0.15) is 0 Å². The maximum absolute atomic E-state index is 3.40. The third kappa shape index (κ3) is 2.86. The molecule has 12 heavy (non-hydrogen) atoms. The fourth-order valence-electron chi connectivity index (χ4n) is 1.54. The molecule has 0 amide bonds. The smallest absolute Gasteiger partial charge is 0.0732 e.